The van der Waals surface area contributed by atoms with Gasteiger partial charge in [-0.1, -0.05) is 65.1 Å². The van der Waals surface area contributed by atoms with Crippen LogP contribution in [-0.2, 0) is 0 Å². The van der Waals surface area contributed by atoms with E-state index < -0.39 is 0 Å². The molecule has 2 aromatic carbocycles. The lowest BCUT2D eigenvalue weighted by atomic mass is 10.0. The summed E-state index contributed by atoms with van der Waals surface area (Å²) >= 11 is 19.0. The number of hydrogen-bond donors (Lipinski definition) is 0. The van der Waals surface area contributed by atoms with Crippen LogP contribution in [0.4, 0.5) is 0 Å². The van der Waals surface area contributed by atoms with E-state index in [2.05, 4.69) is 4.98 Å². The lowest BCUT2D eigenvalue weighted by Crippen LogP contribution is -1.93. The molecule has 0 aliphatic carbocycles. The monoisotopic (exact) mass is 337 g/mol. The Labute approximate surface area is 137 Å². The van der Waals surface area contributed by atoms with Gasteiger partial charge in [-0.15, -0.1) is 0 Å². The summed E-state index contributed by atoms with van der Waals surface area (Å²) in [4.78, 5) is 4.42. The van der Waals surface area contributed by atoms with Crippen LogP contribution in [0.25, 0.3) is 22.0 Å². The molecular formula is C16H10Cl3NO. The highest BCUT2D eigenvalue weighted by Crippen LogP contribution is 2.42. The molecule has 0 spiro atoms. The molecule has 2 nitrogen and oxygen atoms in total. The van der Waals surface area contributed by atoms with Gasteiger partial charge < -0.3 is 4.74 Å². The van der Waals surface area contributed by atoms with Crippen molar-refractivity contribution in [1.29, 1.82) is 0 Å². The maximum atomic E-state index is 6.54. The largest absolute Gasteiger partial charge is 0.493 e. The van der Waals surface area contributed by atoms with E-state index in [-0.39, 0.29) is 0 Å². The zero-order chi connectivity index (χ0) is 15.0. The van der Waals surface area contributed by atoms with Crippen LogP contribution < -0.4 is 4.74 Å². The normalized spacial score (nSPS) is 10.9. The zero-order valence-corrected chi connectivity index (χ0v) is 13.3. The highest BCUT2D eigenvalue weighted by Gasteiger charge is 2.18. The Bertz CT molecular complexity index is 819. The Morgan fingerprint density at radius 2 is 1.67 bits per heavy atom. The lowest BCUT2D eigenvalue weighted by molar-refractivity contribution is 0.419. The van der Waals surface area contributed by atoms with E-state index in [9.17, 15) is 0 Å². The number of pyridine rings is 1. The molecule has 1 heterocycles. The fraction of sp³-hybridized carbons (Fsp3) is 0.0625. The summed E-state index contributed by atoms with van der Waals surface area (Å²) in [6.45, 7) is 0. The van der Waals surface area contributed by atoms with Crippen LogP contribution in [-0.4, -0.2) is 12.1 Å². The molecule has 0 fully saturated rings. The molecule has 1 aromatic heterocycles. The van der Waals surface area contributed by atoms with Gasteiger partial charge in [-0.3, -0.25) is 0 Å². The van der Waals surface area contributed by atoms with Gasteiger partial charge in [-0.2, -0.15) is 0 Å². The SMILES string of the molecule is COc1c(Cl)ccc2c(Cl)c(-c3ccccc3)c(Cl)nc12. The van der Waals surface area contributed by atoms with Gasteiger partial charge >= 0.3 is 0 Å². The minimum absolute atomic E-state index is 0.319. The third-order valence-corrected chi connectivity index (χ3v) is 4.19. The van der Waals surface area contributed by atoms with Crippen molar-refractivity contribution in [2.75, 3.05) is 7.11 Å². The summed E-state index contributed by atoms with van der Waals surface area (Å²) in [7, 11) is 1.54. The minimum Gasteiger partial charge on any atom is -0.493 e. The summed E-state index contributed by atoms with van der Waals surface area (Å²) < 4.78 is 5.30. The smallest absolute Gasteiger partial charge is 0.163 e. The van der Waals surface area contributed by atoms with E-state index in [1.54, 1.807) is 6.07 Å². The average molecular weight is 339 g/mol. The highest BCUT2D eigenvalue weighted by molar-refractivity contribution is 6.42. The van der Waals surface area contributed by atoms with Gasteiger partial charge in [0, 0.05) is 10.9 Å². The van der Waals surface area contributed by atoms with Crippen LogP contribution in [0.5, 0.6) is 5.75 Å². The molecule has 0 saturated carbocycles. The Morgan fingerprint density at radius 3 is 2.33 bits per heavy atom. The summed E-state index contributed by atoms with van der Waals surface area (Å²) in [5, 5.41) is 2.07. The Kier molecular flexibility index (Phi) is 3.94. The molecule has 0 N–H and O–H groups in total. The lowest BCUT2D eigenvalue weighted by Gasteiger charge is -2.13. The average Bonchev–Trinajstić information content (AvgIpc) is 2.48. The minimum atomic E-state index is 0.319. The number of halogens is 3. The maximum Gasteiger partial charge on any atom is 0.163 e. The molecule has 0 bridgehead atoms. The maximum absolute atomic E-state index is 6.54. The van der Waals surface area contributed by atoms with Crippen LogP contribution in [0, 0.1) is 0 Å². The predicted octanol–water partition coefficient (Wildman–Crippen LogP) is 5.87. The summed E-state index contributed by atoms with van der Waals surface area (Å²) in [5.41, 5.74) is 2.17. The van der Waals surface area contributed by atoms with E-state index in [1.807, 2.05) is 36.4 Å². The van der Waals surface area contributed by atoms with Crippen LogP contribution >= 0.6 is 34.8 Å². The van der Waals surface area contributed by atoms with E-state index in [0.717, 1.165) is 10.9 Å². The van der Waals surface area contributed by atoms with Gasteiger partial charge in [0.25, 0.3) is 0 Å². The van der Waals surface area contributed by atoms with Crippen LogP contribution in [0.3, 0.4) is 0 Å². The second-order valence-corrected chi connectivity index (χ2v) is 5.58. The third kappa shape index (κ3) is 2.44. The van der Waals surface area contributed by atoms with Crippen molar-refractivity contribution in [2.45, 2.75) is 0 Å². The molecule has 0 atom stereocenters. The van der Waals surface area contributed by atoms with Crippen molar-refractivity contribution in [2.24, 2.45) is 0 Å². The van der Waals surface area contributed by atoms with E-state index in [0.29, 0.717) is 32.0 Å². The van der Waals surface area contributed by atoms with Gasteiger partial charge in [-0.05, 0) is 17.7 Å². The fourth-order valence-electron chi connectivity index (χ4n) is 2.26. The summed E-state index contributed by atoms with van der Waals surface area (Å²) in [6.07, 6.45) is 0. The molecule has 106 valence electrons. The Balaban J connectivity index is 2.38. The number of rotatable bonds is 2. The number of benzene rings is 2. The van der Waals surface area contributed by atoms with E-state index in [1.165, 1.54) is 7.11 Å². The van der Waals surface area contributed by atoms with Crippen molar-refractivity contribution in [3.63, 3.8) is 0 Å². The molecule has 0 aliphatic heterocycles. The first-order valence-electron chi connectivity index (χ1n) is 6.20. The highest BCUT2D eigenvalue weighted by atomic mass is 35.5. The summed E-state index contributed by atoms with van der Waals surface area (Å²) in [5.74, 6) is 0.470. The number of ether oxygens (including phenoxy) is 1. The Hall–Kier alpha value is -1.48. The zero-order valence-electron chi connectivity index (χ0n) is 11.0. The Morgan fingerprint density at radius 1 is 0.952 bits per heavy atom. The molecule has 0 saturated heterocycles. The second kappa shape index (κ2) is 5.72. The molecular weight excluding hydrogens is 329 g/mol. The molecule has 0 aliphatic rings. The topological polar surface area (TPSA) is 22.1 Å². The van der Waals surface area contributed by atoms with Crippen molar-refractivity contribution in [1.82, 2.24) is 4.98 Å². The van der Waals surface area contributed by atoms with Crippen molar-refractivity contribution in [3.05, 3.63) is 57.7 Å². The first-order valence-corrected chi connectivity index (χ1v) is 7.33. The van der Waals surface area contributed by atoms with Crippen LogP contribution in [0.1, 0.15) is 0 Å². The van der Waals surface area contributed by atoms with Gasteiger partial charge in [-0.25, -0.2) is 4.98 Å². The van der Waals surface area contributed by atoms with Gasteiger partial charge in [0.2, 0.25) is 0 Å². The third-order valence-electron chi connectivity index (χ3n) is 3.22. The first-order chi connectivity index (χ1) is 10.1. The number of fused-ring (bicyclic) bond motifs is 1. The number of methoxy groups -OCH3 is 1. The van der Waals surface area contributed by atoms with E-state index >= 15 is 0 Å². The number of aromatic nitrogens is 1. The van der Waals surface area contributed by atoms with Gasteiger partial charge in [0.1, 0.15) is 10.7 Å². The van der Waals surface area contributed by atoms with Crippen molar-refractivity contribution < 1.29 is 4.74 Å². The van der Waals surface area contributed by atoms with Crippen molar-refractivity contribution in [3.8, 4) is 16.9 Å². The summed E-state index contributed by atoms with van der Waals surface area (Å²) in [6, 6.07) is 13.2. The predicted molar refractivity (Wildman–Crippen MR) is 88.8 cm³/mol. The van der Waals surface area contributed by atoms with Gasteiger partial charge in [0.05, 0.1) is 17.2 Å². The van der Waals surface area contributed by atoms with Crippen LogP contribution in [0.2, 0.25) is 15.2 Å². The fourth-order valence-corrected chi connectivity index (χ4v) is 3.18. The number of hydrogen-bond acceptors (Lipinski definition) is 2. The quantitative estimate of drug-likeness (QED) is 0.545. The molecule has 5 heteroatoms. The van der Waals surface area contributed by atoms with Crippen LogP contribution in [0.15, 0.2) is 42.5 Å². The van der Waals surface area contributed by atoms with Gasteiger partial charge in [0.15, 0.2) is 5.75 Å². The molecule has 21 heavy (non-hydrogen) atoms. The molecule has 3 aromatic rings. The molecule has 0 amide bonds. The van der Waals surface area contributed by atoms with E-state index in [4.69, 9.17) is 39.5 Å². The van der Waals surface area contributed by atoms with Crippen molar-refractivity contribution >= 4 is 45.7 Å². The molecule has 3 rings (SSSR count). The second-order valence-electron chi connectivity index (χ2n) is 4.43. The molecule has 0 unspecified atom stereocenters. The first kappa shape index (κ1) is 14.5. The molecule has 0 radical (unpaired) electrons. The number of nitrogens with zero attached hydrogens (tertiary/aromatic N) is 1. The standard InChI is InChI=1S/C16H10Cl3NO/c1-21-15-11(17)8-7-10-13(18)12(16(19)20-14(10)15)9-5-3-2-4-6-9/h2-8H,1H3.